The van der Waals surface area contributed by atoms with E-state index in [2.05, 4.69) is 0 Å². The van der Waals surface area contributed by atoms with E-state index in [1.54, 1.807) is 28.1 Å². The van der Waals surface area contributed by atoms with Crippen molar-refractivity contribution in [2.24, 2.45) is 0 Å². The molecule has 4 heteroatoms. The van der Waals surface area contributed by atoms with Crippen LogP contribution in [0.1, 0.15) is 19.4 Å². The first-order valence-corrected chi connectivity index (χ1v) is 6.97. The van der Waals surface area contributed by atoms with E-state index in [0.717, 1.165) is 16.7 Å². The Kier molecular flexibility index (Phi) is 4.40. The maximum atomic E-state index is 11.6. The average Bonchev–Trinajstić information content (AvgIpc) is 2.54. The first-order chi connectivity index (χ1) is 10.4. The van der Waals surface area contributed by atoms with E-state index in [0.29, 0.717) is 11.5 Å². The van der Waals surface area contributed by atoms with Crippen molar-refractivity contribution in [2.45, 2.75) is 19.3 Å². The maximum Gasteiger partial charge on any atom is 0.313 e. The Morgan fingerprint density at radius 2 is 1.64 bits per heavy atom. The van der Waals surface area contributed by atoms with Gasteiger partial charge in [-0.25, -0.2) is 0 Å². The second-order valence-electron chi connectivity index (χ2n) is 5.55. The van der Waals surface area contributed by atoms with Gasteiger partial charge in [-0.05, 0) is 42.7 Å². The summed E-state index contributed by atoms with van der Waals surface area (Å²) in [6.07, 6.45) is 0. The first kappa shape index (κ1) is 15.9. The molecule has 0 aliphatic rings. The van der Waals surface area contributed by atoms with Gasteiger partial charge in [-0.3, -0.25) is 4.79 Å². The summed E-state index contributed by atoms with van der Waals surface area (Å²) in [6.45, 7) is 3.41. The number of carbonyl (C=O) groups is 1. The number of benzene rings is 2. The van der Waals surface area contributed by atoms with Crippen LogP contribution in [0, 0.1) is 0 Å². The Balaban J connectivity index is 2.62. The van der Waals surface area contributed by atoms with E-state index in [-0.39, 0.29) is 0 Å². The molecule has 2 rings (SSSR count). The molecule has 0 bridgehead atoms. The summed E-state index contributed by atoms with van der Waals surface area (Å²) in [5.74, 6) is 0.393. The van der Waals surface area contributed by atoms with Crippen LogP contribution in [0.15, 0.2) is 42.5 Å². The summed E-state index contributed by atoms with van der Waals surface area (Å²) in [4.78, 5) is 11.6. The molecule has 22 heavy (non-hydrogen) atoms. The average molecular weight is 300 g/mol. The lowest BCUT2D eigenvalue weighted by Gasteiger charge is -2.23. The number of ether oxygens (including phenoxy) is 2. The summed E-state index contributed by atoms with van der Waals surface area (Å²) < 4.78 is 10.6. The largest absolute Gasteiger partial charge is 0.493 e. The van der Waals surface area contributed by atoms with Crippen LogP contribution in [0.25, 0.3) is 11.1 Å². The number of aliphatic carboxylic acids is 1. The zero-order valence-electron chi connectivity index (χ0n) is 13.2. The molecule has 4 nitrogen and oxygen atoms in total. The van der Waals surface area contributed by atoms with Crippen molar-refractivity contribution in [2.75, 3.05) is 14.2 Å². The lowest BCUT2D eigenvalue weighted by atomic mass is 9.80. The van der Waals surface area contributed by atoms with Crippen molar-refractivity contribution in [3.05, 3.63) is 48.0 Å². The van der Waals surface area contributed by atoms with Crippen LogP contribution >= 0.6 is 0 Å². The molecule has 0 heterocycles. The summed E-state index contributed by atoms with van der Waals surface area (Å²) in [5.41, 5.74) is 1.54. The van der Waals surface area contributed by atoms with Gasteiger partial charge in [0.05, 0.1) is 19.6 Å². The van der Waals surface area contributed by atoms with Crippen LogP contribution in [0.2, 0.25) is 0 Å². The summed E-state index contributed by atoms with van der Waals surface area (Å²) in [5, 5.41) is 9.50. The van der Waals surface area contributed by atoms with Crippen LogP contribution in [0.5, 0.6) is 11.5 Å². The molecule has 0 spiro atoms. The van der Waals surface area contributed by atoms with Gasteiger partial charge in [-0.15, -0.1) is 0 Å². The molecule has 0 aliphatic heterocycles. The van der Waals surface area contributed by atoms with Gasteiger partial charge in [0.1, 0.15) is 0 Å². The fraction of sp³-hybridized carbons (Fsp3) is 0.278. The molecule has 2 aromatic rings. The molecule has 116 valence electrons. The Hall–Kier alpha value is -2.49. The summed E-state index contributed by atoms with van der Waals surface area (Å²) >= 11 is 0. The van der Waals surface area contributed by atoms with E-state index in [1.807, 2.05) is 42.5 Å². The van der Waals surface area contributed by atoms with Gasteiger partial charge in [0, 0.05) is 0 Å². The number of rotatable bonds is 5. The molecule has 0 saturated carbocycles. The fourth-order valence-electron chi connectivity index (χ4n) is 2.40. The van der Waals surface area contributed by atoms with Crippen molar-refractivity contribution in [1.82, 2.24) is 0 Å². The Morgan fingerprint density at radius 3 is 2.23 bits per heavy atom. The van der Waals surface area contributed by atoms with Gasteiger partial charge < -0.3 is 14.6 Å². The van der Waals surface area contributed by atoms with Crippen LogP contribution < -0.4 is 9.47 Å². The van der Waals surface area contributed by atoms with Crippen molar-refractivity contribution < 1.29 is 19.4 Å². The van der Waals surface area contributed by atoms with Crippen molar-refractivity contribution in [1.29, 1.82) is 0 Å². The number of hydrogen-bond donors (Lipinski definition) is 1. The third-order valence-corrected chi connectivity index (χ3v) is 3.83. The molecule has 2 aromatic carbocycles. The topological polar surface area (TPSA) is 55.8 Å². The highest BCUT2D eigenvalue weighted by molar-refractivity contribution is 5.85. The highest BCUT2D eigenvalue weighted by Gasteiger charge is 2.31. The van der Waals surface area contributed by atoms with Gasteiger partial charge in [0.2, 0.25) is 0 Å². The molecule has 0 saturated heterocycles. The zero-order valence-corrected chi connectivity index (χ0v) is 13.2. The van der Waals surface area contributed by atoms with E-state index in [1.165, 1.54) is 0 Å². The normalized spacial score (nSPS) is 11.1. The van der Waals surface area contributed by atoms with Gasteiger partial charge in [0.25, 0.3) is 0 Å². The van der Waals surface area contributed by atoms with Crippen LogP contribution in [-0.2, 0) is 10.2 Å². The number of carboxylic acid groups (broad SMARTS) is 1. The number of hydrogen-bond acceptors (Lipinski definition) is 3. The van der Waals surface area contributed by atoms with E-state index in [4.69, 9.17) is 9.47 Å². The molecular formula is C18H20O4. The van der Waals surface area contributed by atoms with Crippen molar-refractivity contribution >= 4 is 5.97 Å². The monoisotopic (exact) mass is 300 g/mol. The van der Waals surface area contributed by atoms with Gasteiger partial charge >= 0.3 is 5.97 Å². The first-order valence-electron chi connectivity index (χ1n) is 6.97. The fourth-order valence-corrected chi connectivity index (χ4v) is 2.40. The minimum Gasteiger partial charge on any atom is -0.493 e. The molecule has 0 atom stereocenters. The molecule has 0 aliphatic carbocycles. The standard InChI is InChI=1S/C18H20O4/c1-18(2,17(19)20)14-8-6-5-7-13(14)12-9-10-15(21-3)16(11-12)22-4/h5-11H,1-4H3,(H,19,20). The Labute approximate surface area is 130 Å². The minimum atomic E-state index is -0.982. The van der Waals surface area contributed by atoms with E-state index >= 15 is 0 Å². The maximum absolute atomic E-state index is 11.6. The van der Waals surface area contributed by atoms with Gasteiger partial charge in [0.15, 0.2) is 11.5 Å². The molecule has 0 unspecified atom stereocenters. The Morgan fingerprint density at radius 1 is 1.00 bits per heavy atom. The molecule has 0 amide bonds. The number of methoxy groups -OCH3 is 2. The SMILES string of the molecule is COc1ccc(-c2ccccc2C(C)(C)C(=O)O)cc1OC. The minimum absolute atomic E-state index is 0.614. The molecule has 1 N–H and O–H groups in total. The highest BCUT2D eigenvalue weighted by Crippen LogP contribution is 2.37. The van der Waals surface area contributed by atoms with Crippen LogP contribution in [-0.4, -0.2) is 25.3 Å². The zero-order chi connectivity index (χ0) is 16.3. The smallest absolute Gasteiger partial charge is 0.313 e. The van der Waals surface area contributed by atoms with Gasteiger partial charge in [-0.2, -0.15) is 0 Å². The second-order valence-corrected chi connectivity index (χ2v) is 5.55. The molecule has 0 radical (unpaired) electrons. The summed E-state index contributed by atoms with van der Waals surface area (Å²) in [6, 6.07) is 13.1. The predicted molar refractivity (Wildman–Crippen MR) is 85.6 cm³/mol. The highest BCUT2D eigenvalue weighted by atomic mass is 16.5. The van der Waals surface area contributed by atoms with Crippen molar-refractivity contribution in [3.63, 3.8) is 0 Å². The van der Waals surface area contributed by atoms with Crippen LogP contribution in [0.3, 0.4) is 0 Å². The second kappa shape index (κ2) is 6.10. The van der Waals surface area contributed by atoms with Crippen molar-refractivity contribution in [3.8, 4) is 22.6 Å². The summed E-state index contributed by atoms with van der Waals surface area (Å²) in [7, 11) is 3.16. The number of carboxylic acids is 1. The van der Waals surface area contributed by atoms with Crippen LogP contribution in [0.4, 0.5) is 0 Å². The lowest BCUT2D eigenvalue weighted by molar-refractivity contribution is -0.142. The Bertz CT molecular complexity index is 689. The molecule has 0 fully saturated rings. The van der Waals surface area contributed by atoms with Gasteiger partial charge in [-0.1, -0.05) is 30.3 Å². The van der Waals surface area contributed by atoms with E-state index < -0.39 is 11.4 Å². The third kappa shape index (κ3) is 2.77. The quantitative estimate of drug-likeness (QED) is 0.914. The molecular weight excluding hydrogens is 280 g/mol. The lowest BCUT2D eigenvalue weighted by Crippen LogP contribution is -2.29. The third-order valence-electron chi connectivity index (χ3n) is 3.83. The predicted octanol–water partition coefficient (Wildman–Crippen LogP) is 3.73. The molecule has 0 aromatic heterocycles. The van der Waals surface area contributed by atoms with E-state index in [9.17, 15) is 9.90 Å².